The molecule has 1 aliphatic carbocycles. The number of rotatable bonds is 12. The molecule has 1 aromatic heterocycles. The minimum Gasteiger partial charge on any atom is -0.383 e. The largest absolute Gasteiger partial charge is 0.383 e. The number of carbonyl (C=O) groups excluding carboxylic acids is 2. The van der Waals surface area contributed by atoms with Crippen LogP contribution in [0.15, 0.2) is 42.6 Å². The zero-order chi connectivity index (χ0) is 25.2. The predicted molar refractivity (Wildman–Crippen MR) is 140 cm³/mol. The van der Waals surface area contributed by atoms with Crippen LogP contribution in [0.1, 0.15) is 69.2 Å². The molecule has 1 unspecified atom stereocenters. The lowest BCUT2D eigenvalue weighted by atomic mass is 9.88. The summed E-state index contributed by atoms with van der Waals surface area (Å²) in [5, 5.41) is 0. The third-order valence-electron chi connectivity index (χ3n) is 7.46. The van der Waals surface area contributed by atoms with Crippen LogP contribution >= 0.6 is 0 Å². The van der Waals surface area contributed by atoms with Gasteiger partial charge >= 0.3 is 0 Å². The Balaban J connectivity index is 1.75. The molecule has 2 aromatic rings. The van der Waals surface area contributed by atoms with E-state index in [0.29, 0.717) is 19.7 Å². The summed E-state index contributed by atoms with van der Waals surface area (Å²) in [6, 6.07) is 12.6. The first-order valence-electron chi connectivity index (χ1n) is 13.2. The summed E-state index contributed by atoms with van der Waals surface area (Å²) in [7, 11) is 1.64. The van der Waals surface area contributed by atoms with E-state index < -0.39 is 0 Å². The molecule has 0 spiro atoms. The molecule has 1 fully saturated rings. The quantitative estimate of drug-likeness (QED) is 0.427. The Morgan fingerprint density at radius 1 is 1.11 bits per heavy atom. The first-order chi connectivity index (χ1) is 16.9. The Morgan fingerprint density at radius 3 is 2.54 bits per heavy atom. The lowest BCUT2D eigenvalue weighted by molar-refractivity contribution is -0.145. The highest BCUT2D eigenvalue weighted by Gasteiger charge is 2.29. The fourth-order valence-corrected chi connectivity index (χ4v) is 4.93. The van der Waals surface area contributed by atoms with Crippen molar-refractivity contribution >= 4 is 11.8 Å². The molecule has 6 nitrogen and oxygen atoms in total. The molecular weight excluding hydrogens is 438 g/mol. The zero-order valence-corrected chi connectivity index (χ0v) is 22.0. The first kappa shape index (κ1) is 27.0. The average Bonchev–Trinajstić information content (AvgIpc) is 3.32. The molecule has 3 rings (SSSR count). The second-order valence-electron chi connectivity index (χ2n) is 9.92. The molecule has 0 bridgehead atoms. The molecule has 0 saturated heterocycles. The van der Waals surface area contributed by atoms with Crippen LogP contribution < -0.4 is 0 Å². The number of ether oxygens (including phenoxy) is 1. The van der Waals surface area contributed by atoms with Crippen molar-refractivity contribution in [3.63, 3.8) is 0 Å². The van der Waals surface area contributed by atoms with E-state index in [2.05, 4.69) is 61.9 Å². The van der Waals surface area contributed by atoms with Crippen LogP contribution in [0.4, 0.5) is 0 Å². The van der Waals surface area contributed by atoms with Gasteiger partial charge in [-0.2, -0.15) is 0 Å². The van der Waals surface area contributed by atoms with Gasteiger partial charge in [0.25, 0.3) is 0 Å². The van der Waals surface area contributed by atoms with Crippen LogP contribution in [0.25, 0.3) is 0 Å². The number of aromatic nitrogens is 1. The van der Waals surface area contributed by atoms with Gasteiger partial charge < -0.3 is 19.1 Å². The molecule has 1 atom stereocenters. The van der Waals surface area contributed by atoms with E-state index in [9.17, 15) is 9.59 Å². The van der Waals surface area contributed by atoms with Gasteiger partial charge in [-0.15, -0.1) is 0 Å². The second-order valence-corrected chi connectivity index (χ2v) is 9.92. The number of hydrogen-bond donors (Lipinski definition) is 0. The molecular formula is C29H43N3O3. The van der Waals surface area contributed by atoms with Gasteiger partial charge in [-0.1, -0.05) is 50.5 Å². The Labute approximate surface area is 211 Å². The maximum Gasteiger partial charge on any atom is 0.242 e. The molecule has 1 aromatic carbocycles. The standard InChI is InChI=1S/C29H43N3O3/c1-5-24(3)32(21-27-16-11-17-30(27)20-26-15-10-9-12-23(26)2)28(33)22-31(18-19-35-4)29(34)25-13-7-6-8-14-25/h9-12,15-17,24-25H,5-8,13-14,18-22H2,1-4H3. The van der Waals surface area contributed by atoms with Gasteiger partial charge in [-0.25, -0.2) is 0 Å². The van der Waals surface area contributed by atoms with E-state index in [-0.39, 0.29) is 30.3 Å². The topological polar surface area (TPSA) is 54.8 Å². The summed E-state index contributed by atoms with van der Waals surface area (Å²) >= 11 is 0. The van der Waals surface area contributed by atoms with Gasteiger partial charge in [0.1, 0.15) is 0 Å². The summed E-state index contributed by atoms with van der Waals surface area (Å²) in [5.74, 6) is 0.155. The fraction of sp³-hybridized carbons (Fsp3) is 0.586. The number of carbonyl (C=O) groups is 2. The number of nitrogens with zero attached hydrogens (tertiary/aromatic N) is 3. The highest BCUT2D eigenvalue weighted by Crippen LogP contribution is 2.25. The predicted octanol–water partition coefficient (Wildman–Crippen LogP) is 5.03. The fourth-order valence-electron chi connectivity index (χ4n) is 4.93. The summed E-state index contributed by atoms with van der Waals surface area (Å²) < 4.78 is 7.49. The Bertz CT molecular complexity index is 948. The number of methoxy groups -OCH3 is 1. The van der Waals surface area contributed by atoms with E-state index in [1.54, 1.807) is 12.0 Å². The van der Waals surface area contributed by atoms with Gasteiger partial charge in [0, 0.05) is 44.0 Å². The minimum atomic E-state index is 0.00301. The summed E-state index contributed by atoms with van der Waals surface area (Å²) in [6.07, 6.45) is 8.19. The van der Waals surface area contributed by atoms with Crippen molar-refractivity contribution in [2.45, 2.75) is 78.4 Å². The second kappa shape index (κ2) is 13.5. The molecule has 192 valence electrons. The normalized spacial score (nSPS) is 15.1. The van der Waals surface area contributed by atoms with Crippen molar-refractivity contribution in [1.82, 2.24) is 14.4 Å². The number of amides is 2. The molecule has 6 heteroatoms. The molecule has 1 aliphatic rings. The molecule has 0 N–H and O–H groups in total. The van der Waals surface area contributed by atoms with Crippen LogP contribution in [-0.4, -0.2) is 59.0 Å². The van der Waals surface area contributed by atoms with Crippen molar-refractivity contribution in [1.29, 1.82) is 0 Å². The Hall–Kier alpha value is -2.60. The maximum atomic E-state index is 13.6. The first-order valence-corrected chi connectivity index (χ1v) is 13.2. The highest BCUT2D eigenvalue weighted by atomic mass is 16.5. The van der Waals surface area contributed by atoms with Crippen molar-refractivity contribution in [2.75, 3.05) is 26.8 Å². The van der Waals surface area contributed by atoms with Crippen LogP contribution in [0.5, 0.6) is 0 Å². The van der Waals surface area contributed by atoms with Gasteiger partial charge in [0.05, 0.1) is 19.7 Å². The van der Waals surface area contributed by atoms with Crippen LogP contribution in [0, 0.1) is 12.8 Å². The van der Waals surface area contributed by atoms with Crippen LogP contribution in [0.3, 0.4) is 0 Å². The average molecular weight is 482 g/mol. The van der Waals surface area contributed by atoms with Gasteiger partial charge in [-0.05, 0) is 56.4 Å². The third kappa shape index (κ3) is 7.44. The lowest BCUT2D eigenvalue weighted by Crippen LogP contribution is -2.48. The Morgan fingerprint density at radius 2 is 1.86 bits per heavy atom. The van der Waals surface area contributed by atoms with Gasteiger partial charge in [-0.3, -0.25) is 9.59 Å². The molecule has 2 amide bonds. The lowest BCUT2D eigenvalue weighted by Gasteiger charge is -2.33. The summed E-state index contributed by atoms with van der Waals surface area (Å²) in [5.41, 5.74) is 3.64. The summed E-state index contributed by atoms with van der Waals surface area (Å²) in [4.78, 5) is 30.6. The molecule has 1 saturated carbocycles. The molecule has 1 heterocycles. The summed E-state index contributed by atoms with van der Waals surface area (Å²) in [6.45, 7) is 8.64. The molecule has 0 aliphatic heterocycles. The number of aryl methyl sites for hydroxylation is 1. The minimum absolute atomic E-state index is 0.00301. The van der Waals surface area contributed by atoms with E-state index in [1.165, 1.54) is 17.5 Å². The maximum absolute atomic E-state index is 13.6. The zero-order valence-electron chi connectivity index (χ0n) is 22.0. The number of hydrogen-bond acceptors (Lipinski definition) is 3. The Kier molecular flexibility index (Phi) is 10.4. The van der Waals surface area contributed by atoms with Gasteiger partial charge in [0.2, 0.25) is 11.8 Å². The molecule has 35 heavy (non-hydrogen) atoms. The van der Waals surface area contributed by atoms with Crippen molar-refractivity contribution < 1.29 is 14.3 Å². The van der Waals surface area contributed by atoms with Crippen LogP contribution in [0.2, 0.25) is 0 Å². The van der Waals surface area contributed by atoms with E-state index >= 15 is 0 Å². The van der Waals surface area contributed by atoms with Crippen molar-refractivity contribution in [3.8, 4) is 0 Å². The third-order valence-corrected chi connectivity index (χ3v) is 7.46. The molecule has 0 radical (unpaired) electrons. The van der Waals surface area contributed by atoms with Crippen molar-refractivity contribution in [3.05, 3.63) is 59.4 Å². The highest BCUT2D eigenvalue weighted by molar-refractivity contribution is 5.86. The van der Waals surface area contributed by atoms with E-state index in [1.807, 2.05) is 11.0 Å². The van der Waals surface area contributed by atoms with Crippen molar-refractivity contribution in [2.24, 2.45) is 5.92 Å². The van der Waals surface area contributed by atoms with Crippen LogP contribution in [-0.2, 0) is 27.4 Å². The monoisotopic (exact) mass is 481 g/mol. The smallest absolute Gasteiger partial charge is 0.242 e. The van der Waals surface area contributed by atoms with Gasteiger partial charge in [0.15, 0.2) is 0 Å². The SMILES string of the molecule is CCC(C)N(Cc1cccn1Cc1ccccc1C)C(=O)CN(CCOC)C(=O)C1CCCCC1. The van der Waals surface area contributed by atoms with E-state index in [4.69, 9.17) is 4.74 Å². The number of benzene rings is 1. The van der Waals surface area contributed by atoms with E-state index in [0.717, 1.165) is 44.3 Å².